The molecule has 0 aliphatic rings. The van der Waals surface area contributed by atoms with Crippen molar-refractivity contribution in [3.8, 4) is 0 Å². The van der Waals surface area contributed by atoms with Gasteiger partial charge in [-0.1, -0.05) is 0 Å². The van der Waals surface area contributed by atoms with Crippen LogP contribution in [0.5, 0.6) is 0 Å². The third kappa shape index (κ3) is 4.62. The van der Waals surface area contributed by atoms with Crippen molar-refractivity contribution in [1.29, 1.82) is 0 Å². The van der Waals surface area contributed by atoms with Crippen LogP contribution in [0.2, 0.25) is 0 Å². The fourth-order valence-corrected chi connectivity index (χ4v) is 2.49. The molecule has 0 bridgehead atoms. The Morgan fingerprint density at radius 2 is 2.27 bits per heavy atom. The summed E-state index contributed by atoms with van der Waals surface area (Å²) in [4.78, 5) is 11.5. The van der Waals surface area contributed by atoms with Crippen molar-refractivity contribution in [2.75, 3.05) is 12.5 Å². The number of thioether (sulfide) groups is 2. The molecule has 1 aromatic heterocycles. The first kappa shape index (κ1) is 12.5. The van der Waals surface area contributed by atoms with Gasteiger partial charge in [0, 0.05) is 6.42 Å². The Hall–Kier alpha value is -0.610. The van der Waals surface area contributed by atoms with E-state index >= 15 is 0 Å². The summed E-state index contributed by atoms with van der Waals surface area (Å²) < 4.78 is 5.44. The lowest BCUT2D eigenvalue weighted by Gasteiger charge is -2.07. The van der Waals surface area contributed by atoms with E-state index in [4.69, 9.17) is 4.42 Å². The minimum Gasteiger partial charge on any atom is -0.465 e. The molecule has 0 atom stereocenters. The van der Waals surface area contributed by atoms with Gasteiger partial charge in [-0.3, -0.25) is 4.79 Å². The van der Waals surface area contributed by atoms with Crippen LogP contribution in [-0.2, 0) is 4.79 Å². The smallest absolute Gasteiger partial charge is 0.157 e. The summed E-state index contributed by atoms with van der Waals surface area (Å²) in [5.74, 6) is 0.855. The van der Waals surface area contributed by atoms with E-state index in [-0.39, 0.29) is 5.78 Å². The van der Waals surface area contributed by atoms with E-state index in [9.17, 15) is 4.79 Å². The highest BCUT2D eigenvalue weighted by Crippen LogP contribution is 2.22. The molecule has 0 saturated heterocycles. The summed E-state index contributed by atoms with van der Waals surface area (Å²) in [6, 6.07) is 3.63. The molecule has 0 amide bonds. The van der Waals surface area contributed by atoms with E-state index in [0.717, 1.165) is 0 Å². The van der Waals surface area contributed by atoms with Crippen molar-refractivity contribution in [2.45, 2.75) is 11.0 Å². The molecular weight excluding hydrogens is 228 g/mol. The van der Waals surface area contributed by atoms with Gasteiger partial charge in [0.25, 0.3) is 0 Å². The lowest BCUT2D eigenvalue weighted by molar-refractivity contribution is -0.114. The monoisotopic (exact) mass is 242 g/mol. The molecule has 0 radical (unpaired) electrons. The minimum absolute atomic E-state index is 0.139. The zero-order chi connectivity index (χ0) is 11.1. The molecular formula is C11H14O2S2. The van der Waals surface area contributed by atoms with E-state index in [1.165, 1.54) is 0 Å². The number of hydrogen-bond donors (Lipinski definition) is 0. The Balaban J connectivity index is 2.42. The van der Waals surface area contributed by atoms with Crippen LogP contribution in [0.1, 0.15) is 12.2 Å². The summed E-state index contributed by atoms with van der Waals surface area (Å²) in [6.45, 7) is 0. The zero-order valence-electron chi connectivity index (χ0n) is 8.80. The molecule has 1 rings (SSSR count). The van der Waals surface area contributed by atoms with Crippen molar-refractivity contribution in [1.82, 2.24) is 0 Å². The molecule has 15 heavy (non-hydrogen) atoms. The number of rotatable bonds is 6. The van der Waals surface area contributed by atoms with Gasteiger partial charge in [-0.25, -0.2) is 0 Å². The quantitative estimate of drug-likeness (QED) is 0.565. The molecule has 0 N–H and O–H groups in total. The van der Waals surface area contributed by atoms with Crippen molar-refractivity contribution in [3.05, 3.63) is 30.2 Å². The second-order valence-corrected chi connectivity index (χ2v) is 5.30. The maximum absolute atomic E-state index is 11.5. The molecule has 1 aromatic rings. The van der Waals surface area contributed by atoms with Gasteiger partial charge in [0.1, 0.15) is 5.76 Å². The molecule has 0 saturated carbocycles. The molecule has 82 valence electrons. The highest BCUT2D eigenvalue weighted by molar-refractivity contribution is 8.16. The van der Waals surface area contributed by atoms with Crippen molar-refractivity contribution in [2.24, 2.45) is 0 Å². The van der Waals surface area contributed by atoms with E-state index in [2.05, 4.69) is 0 Å². The maximum atomic E-state index is 11.5. The molecule has 0 spiro atoms. The number of carbonyl (C=O) groups is 1. The summed E-state index contributed by atoms with van der Waals surface area (Å²) in [5.41, 5.74) is 0. The Morgan fingerprint density at radius 1 is 1.53 bits per heavy atom. The highest BCUT2D eigenvalue weighted by atomic mass is 32.2. The average Bonchev–Trinajstić information content (AvgIpc) is 2.75. The van der Waals surface area contributed by atoms with Gasteiger partial charge in [-0.2, -0.15) is 23.5 Å². The third-order valence-corrected chi connectivity index (χ3v) is 4.41. The Kier molecular flexibility index (Phi) is 5.65. The van der Waals surface area contributed by atoms with Crippen LogP contribution in [0.3, 0.4) is 0 Å². The van der Waals surface area contributed by atoms with Gasteiger partial charge >= 0.3 is 0 Å². The molecule has 2 nitrogen and oxygen atoms in total. The van der Waals surface area contributed by atoms with Gasteiger partial charge in [-0.05, 0) is 36.8 Å². The summed E-state index contributed by atoms with van der Waals surface area (Å²) in [5, 5.41) is 0. The van der Waals surface area contributed by atoms with Crippen LogP contribution in [0, 0.1) is 0 Å². The number of hydrogen-bond acceptors (Lipinski definition) is 4. The predicted octanol–water partition coefficient (Wildman–Crippen LogP) is 3.30. The van der Waals surface area contributed by atoms with Crippen LogP contribution < -0.4 is 0 Å². The number of allylic oxidation sites excluding steroid dienone is 1. The number of furan rings is 1. The fourth-order valence-electron chi connectivity index (χ4n) is 1.06. The molecule has 1 heterocycles. The lowest BCUT2D eigenvalue weighted by atomic mass is 10.2. The molecule has 0 aliphatic heterocycles. The topological polar surface area (TPSA) is 30.2 Å². The van der Waals surface area contributed by atoms with Crippen molar-refractivity contribution in [3.63, 3.8) is 0 Å². The van der Waals surface area contributed by atoms with Crippen LogP contribution in [0.15, 0.2) is 28.9 Å². The van der Waals surface area contributed by atoms with E-state index in [1.54, 1.807) is 48.0 Å². The molecule has 0 fully saturated rings. The minimum atomic E-state index is 0.139. The normalized spacial score (nSPS) is 11.4. The summed E-state index contributed by atoms with van der Waals surface area (Å²) >= 11 is 3.41. The van der Waals surface area contributed by atoms with E-state index < -0.39 is 0 Å². The first-order valence-corrected chi connectivity index (χ1v) is 7.14. The number of carbonyl (C=O) groups excluding carboxylic acids is 1. The summed E-state index contributed by atoms with van der Waals surface area (Å²) in [7, 11) is 0. The first-order chi connectivity index (χ1) is 7.26. The fraction of sp³-hybridized carbons (Fsp3) is 0.364. The van der Waals surface area contributed by atoms with Crippen LogP contribution in [0.4, 0.5) is 0 Å². The molecule has 0 aliphatic carbocycles. The summed E-state index contributed by atoms with van der Waals surface area (Å²) in [6.07, 6.45) is 9.49. The van der Waals surface area contributed by atoms with Gasteiger partial charge in [0.2, 0.25) is 0 Å². The maximum Gasteiger partial charge on any atom is 0.157 e. The van der Waals surface area contributed by atoms with Crippen LogP contribution in [0.25, 0.3) is 6.08 Å². The van der Waals surface area contributed by atoms with Crippen LogP contribution >= 0.6 is 23.5 Å². The SMILES string of the molecule is CSC(CC(=O)/C=C/c1ccco1)SC. The predicted molar refractivity (Wildman–Crippen MR) is 68.2 cm³/mol. The average molecular weight is 242 g/mol. The zero-order valence-corrected chi connectivity index (χ0v) is 10.4. The molecule has 0 unspecified atom stereocenters. The third-order valence-electron chi connectivity index (χ3n) is 1.87. The van der Waals surface area contributed by atoms with Crippen LogP contribution in [-0.4, -0.2) is 22.9 Å². The van der Waals surface area contributed by atoms with Gasteiger partial charge < -0.3 is 4.42 Å². The molecule has 4 heteroatoms. The highest BCUT2D eigenvalue weighted by Gasteiger charge is 2.08. The van der Waals surface area contributed by atoms with E-state index in [0.29, 0.717) is 16.8 Å². The van der Waals surface area contributed by atoms with Crippen molar-refractivity contribution < 1.29 is 9.21 Å². The Bertz CT molecular complexity index is 313. The first-order valence-electron chi connectivity index (χ1n) is 4.56. The number of ketones is 1. The lowest BCUT2D eigenvalue weighted by Crippen LogP contribution is -2.03. The largest absolute Gasteiger partial charge is 0.465 e. The van der Waals surface area contributed by atoms with Gasteiger partial charge in [0.05, 0.1) is 10.8 Å². The Morgan fingerprint density at radius 3 is 2.80 bits per heavy atom. The molecule has 0 aromatic carbocycles. The van der Waals surface area contributed by atoms with Gasteiger partial charge in [0.15, 0.2) is 5.78 Å². The van der Waals surface area contributed by atoms with Crippen molar-refractivity contribution >= 4 is 35.4 Å². The standard InChI is InChI=1S/C11H14O2S2/c1-14-11(15-2)8-9(12)5-6-10-4-3-7-13-10/h3-7,11H,8H2,1-2H3/b6-5+. The second-order valence-electron chi connectivity index (χ2n) is 2.92. The Labute approximate surface area is 98.5 Å². The second kappa shape index (κ2) is 6.80. The van der Waals surface area contributed by atoms with E-state index in [1.807, 2.05) is 18.6 Å². The van der Waals surface area contributed by atoms with Gasteiger partial charge in [-0.15, -0.1) is 0 Å².